The van der Waals surface area contributed by atoms with E-state index in [4.69, 9.17) is 5.73 Å². The van der Waals surface area contributed by atoms with E-state index in [1.54, 1.807) is 4.68 Å². The first-order valence-corrected chi connectivity index (χ1v) is 5.85. The number of para-hydroxylation sites is 3. The van der Waals surface area contributed by atoms with Crippen LogP contribution >= 0.6 is 0 Å². The van der Waals surface area contributed by atoms with Crippen molar-refractivity contribution < 1.29 is 4.79 Å². The van der Waals surface area contributed by atoms with Crippen molar-refractivity contribution in [3.8, 4) is 0 Å². The predicted octanol–water partition coefficient (Wildman–Crippen LogP) is 2.01. The van der Waals surface area contributed by atoms with Crippen molar-refractivity contribution in [2.45, 2.75) is 0 Å². The van der Waals surface area contributed by atoms with Gasteiger partial charge in [0.25, 0.3) is 5.91 Å². The summed E-state index contributed by atoms with van der Waals surface area (Å²) in [4.78, 5) is 15.7. The molecule has 0 atom stereocenters. The standard InChI is InChI=1S/C14H12N4O/c15-13(19)14-16-11-8-4-5-9-12(11)18(14)17-10-6-2-1-3-7-10/h1-9,17H,(H2,15,19). The second kappa shape index (κ2) is 4.45. The number of nitrogens with two attached hydrogens (primary N) is 1. The molecule has 3 aromatic rings. The third-order valence-corrected chi connectivity index (χ3v) is 2.80. The molecule has 0 saturated carbocycles. The van der Waals surface area contributed by atoms with Crippen molar-refractivity contribution in [1.29, 1.82) is 0 Å². The lowest BCUT2D eigenvalue weighted by Crippen LogP contribution is -2.22. The van der Waals surface area contributed by atoms with Crippen LogP contribution < -0.4 is 11.2 Å². The Morgan fingerprint density at radius 3 is 2.47 bits per heavy atom. The molecule has 0 saturated heterocycles. The van der Waals surface area contributed by atoms with Crippen LogP contribution in [0.15, 0.2) is 54.6 Å². The SMILES string of the molecule is NC(=O)c1nc2ccccc2n1Nc1ccccc1. The molecule has 1 heterocycles. The maximum Gasteiger partial charge on any atom is 0.286 e. The zero-order valence-corrected chi connectivity index (χ0v) is 10.1. The predicted molar refractivity (Wildman–Crippen MR) is 73.7 cm³/mol. The summed E-state index contributed by atoms with van der Waals surface area (Å²) in [6.45, 7) is 0. The summed E-state index contributed by atoms with van der Waals surface area (Å²) in [5, 5.41) is 0. The van der Waals surface area contributed by atoms with Gasteiger partial charge in [-0.25, -0.2) is 9.66 Å². The number of imidazole rings is 1. The third-order valence-electron chi connectivity index (χ3n) is 2.80. The molecule has 5 heteroatoms. The molecule has 0 bridgehead atoms. The normalized spacial score (nSPS) is 10.5. The van der Waals surface area contributed by atoms with Gasteiger partial charge in [-0.3, -0.25) is 10.2 Å². The van der Waals surface area contributed by atoms with Crippen LogP contribution in [0, 0.1) is 0 Å². The zero-order valence-electron chi connectivity index (χ0n) is 10.1. The molecular weight excluding hydrogens is 240 g/mol. The van der Waals surface area contributed by atoms with Gasteiger partial charge >= 0.3 is 0 Å². The Hall–Kier alpha value is -2.82. The number of amides is 1. The summed E-state index contributed by atoms with van der Waals surface area (Å²) < 4.78 is 1.60. The van der Waals surface area contributed by atoms with Crippen LogP contribution in [0.25, 0.3) is 11.0 Å². The molecule has 0 aliphatic carbocycles. The molecule has 1 amide bonds. The van der Waals surface area contributed by atoms with Gasteiger partial charge in [-0.05, 0) is 24.3 Å². The highest BCUT2D eigenvalue weighted by atomic mass is 16.1. The van der Waals surface area contributed by atoms with Crippen molar-refractivity contribution in [1.82, 2.24) is 9.66 Å². The number of carbonyl (C=O) groups is 1. The molecule has 3 N–H and O–H groups in total. The minimum Gasteiger partial charge on any atom is -0.363 e. The van der Waals surface area contributed by atoms with Crippen LogP contribution in [0.1, 0.15) is 10.6 Å². The summed E-state index contributed by atoms with van der Waals surface area (Å²) in [7, 11) is 0. The number of anilines is 1. The highest BCUT2D eigenvalue weighted by Crippen LogP contribution is 2.17. The van der Waals surface area contributed by atoms with Crippen molar-refractivity contribution >= 4 is 22.6 Å². The van der Waals surface area contributed by atoms with Crippen LogP contribution in [-0.2, 0) is 0 Å². The highest BCUT2D eigenvalue weighted by Gasteiger charge is 2.14. The van der Waals surface area contributed by atoms with Crippen LogP contribution in [-0.4, -0.2) is 15.6 Å². The quantitative estimate of drug-likeness (QED) is 0.749. The van der Waals surface area contributed by atoms with Crippen LogP contribution in [0.4, 0.5) is 5.69 Å². The number of nitrogens with zero attached hydrogens (tertiary/aromatic N) is 2. The van der Waals surface area contributed by atoms with E-state index in [1.807, 2.05) is 54.6 Å². The maximum atomic E-state index is 11.5. The molecule has 0 aliphatic rings. The smallest absolute Gasteiger partial charge is 0.286 e. The Bertz CT molecular complexity index is 734. The van der Waals surface area contributed by atoms with Gasteiger partial charge in [-0.15, -0.1) is 0 Å². The summed E-state index contributed by atoms with van der Waals surface area (Å²) in [5.74, 6) is -0.385. The van der Waals surface area contributed by atoms with Crippen molar-refractivity contribution in [2.75, 3.05) is 5.43 Å². The molecular formula is C14H12N4O. The molecule has 94 valence electrons. The Morgan fingerprint density at radius 2 is 1.74 bits per heavy atom. The lowest BCUT2D eigenvalue weighted by molar-refractivity contribution is 0.0988. The molecule has 0 unspecified atom stereocenters. The van der Waals surface area contributed by atoms with Gasteiger partial charge in [0.15, 0.2) is 0 Å². The Morgan fingerprint density at radius 1 is 1.05 bits per heavy atom. The molecule has 1 aromatic heterocycles. The minimum atomic E-state index is -0.570. The fourth-order valence-corrected chi connectivity index (χ4v) is 1.95. The second-order valence-corrected chi connectivity index (χ2v) is 4.10. The van der Waals surface area contributed by atoms with Crippen LogP contribution in [0.3, 0.4) is 0 Å². The lowest BCUT2D eigenvalue weighted by Gasteiger charge is -2.10. The number of hydrogen-bond acceptors (Lipinski definition) is 3. The number of primary amides is 1. The highest BCUT2D eigenvalue weighted by molar-refractivity contribution is 5.94. The average Bonchev–Trinajstić information content (AvgIpc) is 2.79. The third kappa shape index (κ3) is 2.01. The van der Waals surface area contributed by atoms with Crippen molar-refractivity contribution in [2.24, 2.45) is 5.73 Å². The van der Waals surface area contributed by atoms with Crippen molar-refractivity contribution in [3.63, 3.8) is 0 Å². The number of fused-ring (bicyclic) bond motifs is 1. The average molecular weight is 252 g/mol. The lowest BCUT2D eigenvalue weighted by atomic mass is 10.3. The van der Waals surface area contributed by atoms with Gasteiger partial charge < -0.3 is 5.73 Å². The minimum absolute atomic E-state index is 0.185. The van der Waals surface area contributed by atoms with E-state index in [1.165, 1.54) is 0 Å². The van der Waals surface area contributed by atoms with Crippen molar-refractivity contribution in [3.05, 3.63) is 60.4 Å². The van der Waals surface area contributed by atoms with Gasteiger partial charge in [-0.1, -0.05) is 30.3 Å². The van der Waals surface area contributed by atoms with E-state index >= 15 is 0 Å². The van der Waals surface area contributed by atoms with E-state index in [2.05, 4.69) is 10.4 Å². The molecule has 3 rings (SSSR count). The molecule has 5 nitrogen and oxygen atoms in total. The zero-order chi connectivity index (χ0) is 13.2. The number of hydrogen-bond donors (Lipinski definition) is 2. The molecule has 2 aromatic carbocycles. The van der Waals surface area contributed by atoms with E-state index in [0.717, 1.165) is 16.7 Å². The van der Waals surface area contributed by atoms with E-state index in [0.29, 0.717) is 0 Å². The molecule has 0 radical (unpaired) electrons. The van der Waals surface area contributed by atoms with Crippen LogP contribution in [0.2, 0.25) is 0 Å². The number of nitrogens with one attached hydrogen (secondary N) is 1. The van der Waals surface area contributed by atoms with Gasteiger partial charge in [0, 0.05) is 0 Å². The molecule has 0 aliphatic heterocycles. The fourth-order valence-electron chi connectivity index (χ4n) is 1.95. The summed E-state index contributed by atoms with van der Waals surface area (Å²) in [6.07, 6.45) is 0. The largest absolute Gasteiger partial charge is 0.363 e. The number of benzene rings is 2. The Kier molecular flexibility index (Phi) is 2.64. The Balaban J connectivity index is 2.15. The first-order valence-electron chi connectivity index (χ1n) is 5.85. The topological polar surface area (TPSA) is 72.9 Å². The van der Waals surface area contributed by atoms with Gasteiger partial charge in [-0.2, -0.15) is 0 Å². The molecule has 19 heavy (non-hydrogen) atoms. The maximum absolute atomic E-state index is 11.5. The Labute approximate surface area is 109 Å². The monoisotopic (exact) mass is 252 g/mol. The summed E-state index contributed by atoms with van der Waals surface area (Å²) >= 11 is 0. The summed E-state index contributed by atoms with van der Waals surface area (Å²) in [6, 6.07) is 17.0. The number of rotatable bonds is 3. The van der Waals surface area contributed by atoms with E-state index < -0.39 is 5.91 Å². The second-order valence-electron chi connectivity index (χ2n) is 4.10. The summed E-state index contributed by atoms with van der Waals surface area (Å²) in [5.41, 5.74) is 10.9. The van der Waals surface area contributed by atoms with Gasteiger partial charge in [0.1, 0.15) is 0 Å². The first-order chi connectivity index (χ1) is 9.25. The first kappa shape index (κ1) is 11.3. The van der Waals surface area contributed by atoms with Crippen LogP contribution in [0.5, 0.6) is 0 Å². The number of carbonyl (C=O) groups excluding carboxylic acids is 1. The van der Waals surface area contributed by atoms with E-state index in [-0.39, 0.29) is 5.82 Å². The molecule has 0 spiro atoms. The van der Waals surface area contributed by atoms with Gasteiger partial charge in [0.2, 0.25) is 5.82 Å². The van der Waals surface area contributed by atoms with E-state index in [9.17, 15) is 4.79 Å². The fraction of sp³-hybridized carbons (Fsp3) is 0. The molecule has 0 fully saturated rings. The number of aromatic nitrogens is 2. The van der Waals surface area contributed by atoms with Gasteiger partial charge in [0.05, 0.1) is 16.7 Å².